The zero-order chi connectivity index (χ0) is 13.5. The summed E-state index contributed by atoms with van der Waals surface area (Å²) < 4.78 is 10.6. The molecule has 1 heterocycles. The van der Waals surface area contributed by atoms with Gasteiger partial charge in [0, 0.05) is 6.07 Å². The van der Waals surface area contributed by atoms with Crippen LogP contribution < -0.4 is 0 Å². The maximum Gasteiger partial charge on any atom is 0.358 e. The van der Waals surface area contributed by atoms with E-state index in [1.165, 1.54) is 17.9 Å². The van der Waals surface area contributed by atoms with E-state index in [0.717, 1.165) is 0 Å². The predicted octanol–water partition coefficient (Wildman–Crippen LogP) is 0.760. The van der Waals surface area contributed by atoms with E-state index in [0.29, 0.717) is 0 Å². The lowest BCUT2D eigenvalue weighted by Gasteiger charge is -2.02. The number of methoxy groups -OCH3 is 1. The molecule has 0 fully saturated rings. The van der Waals surface area contributed by atoms with Gasteiger partial charge in [0.15, 0.2) is 5.69 Å². The predicted molar refractivity (Wildman–Crippen MR) is 59.8 cm³/mol. The number of nitrogens with zero attached hydrogens (tertiary/aromatic N) is 3. The Morgan fingerprint density at radius 3 is 2.78 bits per heavy atom. The molecule has 1 rings (SSSR count). The standard InChI is InChI=1S/C11H13N3O4/c1-3-18-10(15)8-7-9(11(16)17-2)14(13-8)6-4-5-12/h7H,3-4,6H2,1-2H3. The number of hydrogen-bond acceptors (Lipinski definition) is 6. The van der Waals surface area contributed by atoms with Gasteiger partial charge in [0.1, 0.15) is 5.69 Å². The van der Waals surface area contributed by atoms with Gasteiger partial charge in [-0.05, 0) is 6.92 Å². The van der Waals surface area contributed by atoms with Crippen molar-refractivity contribution in [2.45, 2.75) is 19.9 Å². The van der Waals surface area contributed by atoms with Crippen LogP contribution in [0, 0.1) is 11.3 Å². The van der Waals surface area contributed by atoms with Gasteiger partial charge in [-0.15, -0.1) is 0 Å². The third-order valence-corrected chi connectivity index (χ3v) is 2.09. The van der Waals surface area contributed by atoms with Crippen LogP contribution in [-0.4, -0.2) is 35.4 Å². The van der Waals surface area contributed by atoms with Gasteiger partial charge in [-0.2, -0.15) is 10.4 Å². The van der Waals surface area contributed by atoms with Crippen LogP contribution in [-0.2, 0) is 16.0 Å². The van der Waals surface area contributed by atoms with Crippen LogP contribution in [0.4, 0.5) is 0 Å². The summed E-state index contributed by atoms with van der Waals surface area (Å²) in [6, 6.07) is 3.23. The fourth-order valence-corrected chi connectivity index (χ4v) is 1.32. The maximum atomic E-state index is 11.5. The van der Waals surface area contributed by atoms with Crippen LogP contribution in [0.5, 0.6) is 0 Å². The van der Waals surface area contributed by atoms with E-state index in [1.54, 1.807) is 6.92 Å². The first kappa shape index (κ1) is 13.7. The molecule has 0 aliphatic rings. The number of nitriles is 1. The van der Waals surface area contributed by atoms with Crippen LogP contribution in [0.15, 0.2) is 6.07 Å². The Morgan fingerprint density at radius 1 is 1.50 bits per heavy atom. The zero-order valence-corrected chi connectivity index (χ0v) is 10.2. The molecule has 0 aromatic carbocycles. The minimum absolute atomic E-state index is 0.0233. The lowest BCUT2D eigenvalue weighted by Crippen LogP contribution is -2.12. The monoisotopic (exact) mass is 251 g/mol. The van der Waals surface area contributed by atoms with Crippen LogP contribution in [0.25, 0.3) is 0 Å². The lowest BCUT2D eigenvalue weighted by molar-refractivity contribution is 0.0517. The number of carbonyl (C=O) groups excluding carboxylic acids is 2. The molecule has 0 saturated heterocycles. The number of aryl methyl sites for hydroxylation is 1. The first-order valence-corrected chi connectivity index (χ1v) is 5.34. The quantitative estimate of drug-likeness (QED) is 0.717. The van der Waals surface area contributed by atoms with Crippen molar-refractivity contribution >= 4 is 11.9 Å². The average Bonchev–Trinajstić information content (AvgIpc) is 2.79. The summed E-state index contributed by atoms with van der Waals surface area (Å²) in [5.74, 6) is -1.23. The first-order valence-electron chi connectivity index (χ1n) is 5.34. The van der Waals surface area contributed by atoms with Gasteiger partial charge in [0.25, 0.3) is 0 Å². The van der Waals surface area contributed by atoms with E-state index in [-0.39, 0.29) is 31.0 Å². The molecule has 0 saturated carbocycles. The number of carbonyl (C=O) groups is 2. The molecule has 0 aliphatic carbocycles. The molecule has 18 heavy (non-hydrogen) atoms. The van der Waals surface area contributed by atoms with Crippen molar-refractivity contribution in [3.8, 4) is 6.07 Å². The maximum absolute atomic E-state index is 11.5. The van der Waals surface area contributed by atoms with E-state index >= 15 is 0 Å². The lowest BCUT2D eigenvalue weighted by atomic mass is 10.3. The van der Waals surface area contributed by atoms with Crippen LogP contribution in [0.1, 0.15) is 34.3 Å². The van der Waals surface area contributed by atoms with Crippen molar-refractivity contribution in [2.75, 3.05) is 13.7 Å². The Bertz CT molecular complexity index is 487. The SMILES string of the molecule is CCOC(=O)c1cc(C(=O)OC)n(CCC#N)n1. The summed E-state index contributed by atoms with van der Waals surface area (Å²) in [6.45, 7) is 2.10. The number of esters is 2. The number of rotatable bonds is 5. The van der Waals surface area contributed by atoms with Gasteiger partial charge in [-0.3, -0.25) is 4.68 Å². The molecule has 1 aromatic heterocycles. The Hall–Kier alpha value is -2.36. The van der Waals surface area contributed by atoms with Crippen LogP contribution in [0.2, 0.25) is 0 Å². The first-order chi connectivity index (χ1) is 8.63. The summed E-state index contributed by atoms with van der Waals surface area (Å²) in [6.07, 6.45) is 0.175. The van der Waals surface area contributed by atoms with Gasteiger partial charge >= 0.3 is 11.9 Å². The largest absolute Gasteiger partial charge is 0.464 e. The van der Waals surface area contributed by atoms with Crippen molar-refractivity contribution in [1.29, 1.82) is 5.26 Å². The molecule has 1 aromatic rings. The van der Waals surface area contributed by atoms with E-state index in [9.17, 15) is 9.59 Å². The Kier molecular flexibility index (Phi) is 4.87. The van der Waals surface area contributed by atoms with E-state index in [1.807, 2.05) is 6.07 Å². The highest BCUT2D eigenvalue weighted by atomic mass is 16.5. The minimum atomic E-state index is -0.615. The molecule has 96 valence electrons. The fraction of sp³-hybridized carbons (Fsp3) is 0.455. The van der Waals surface area contributed by atoms with E-state index < -0.39 is 11.9 Å². The molecular formula is C11H13N3O4. The fourth-order valence-electron chi connectivity index (χ4n) is 1.32. The Morgan fingerprint density at radius 2 is 2.22 bits per heavy atom. The number of ether oxygens (including phenoxy) is 2. The second kappa shape index (κ2) is 6.39. The molecule has 0 amide bonds. The van der Waals surface area contributed by atoms with Crippen molar-refractivity contribution in [1.82, 2.24) is 9.78 Å². The third kappa shape index (κ3) is 3.07. The summed E-state index contributed by atoms with van der Waals surface area (Å²) in [5, 5.41) is 12.4. The highest BCUT2D eigenvalue weighted by Gasteiger charge is 2.20. The van der Waals surface area contributed by atoms with Crippen LogP contribution >= 0.6 is 0 Å². The molecule has 7 heteroatoms. The molecule has 0 spiro atoms. The molecule has 0 bridgehead atoms. The number of hydrogen-bond donors (Lipinski definition) is 0. The topological polar surface area (TPSA) is 94.2 Å². The second-order valence-electron chi connectivity index (χ2n) is 3.26. The molecule has 7 nitrogen and oxygen atoms in total. The van der Waals surface area contributed by atoms with Crippen molar-refractivity contribution in [3.63, 3.8) is 0 Å². The van der Waals surface area contributed by atoms with Gasteiger partial charge in [0.05, 0.1) is 32.8 Å². The Balaban J connectivity index is 3.03. The molecule has 0 atom stereocenters. The number of aromatic nitrogens is 2. The molecule has 0 radical (unpaired) electrons. The molecule has 0 aliphatic heterocycles. The van der Waals surface area contributed by atoms with E-state index in [4.69, 9.17) is 10.00 Å². The molecule has 0 unspecified atom stereocenters. The van der Waals surface area contributed by atoms with Crippen LogP contribution in [0.3, 0.4) is 0 Å². The smallest absolute Gasteiger partial charge is 0.358 e. The third-order valence-electron chi connectivity index (χ3n) is 2.09. The van der Waals surface area contributed by atoms with Gasteiger partial charge in [-0.1, -0.05) is 0 Å². The average molecular weight is 251 g/mol. The summed E-state index contributed by atoms with van der Waals surface area (Å²) in [5.41, 5.74) is 0.144. The minimum Gasteiger partial charge on any atom is -0.464 e. The van der Waals surface area contributed by atoms with E-state index in [2.05, 4.69) is 9.84 Å². The highest BCUT2D eigenvalue weighted by Crippen LogP contribution is 2.08. The summed E-state index contributed by atoms with van der Waals surface area (Å²) in [7, 11) is 1.23. The highest BCUT2D eigenvalue weighted by molar-refractivity contribution is 5.93. The second-order valence-corrected chi connectivity index (χ2v) is 3.26. The van der Waals surface area contributed by atoms with Crippen molar-refractivity contribution in [2.24, 2.45) is 0 Å². The van der Waals surface area contributed by atoms with Crippen molar-refractivity contribution < 1.29 is 19.1 Å². The Labute approximate surface area is 104 Å². The van der Waals surface area contributed by atoms with Gasteiger partial charge < -0.3 is 9.47 Å². The summed E-state index contributed by atoms with van der Waals surface area (Å²) in [4.78, 5) is 23.0. The molecule has 0 N–H and O–H groups in total. The summed E-state index contributed by atoms with van der Waals surface area (Å²) >= 11 is 0. The zero-order valence-electron chi connectivity index (χ0n) is 10.2. The normalized spacial score (nSPS) is 9.61. The van der Waals surface area contributed by atoms with Gasteiger partial charge in [-0.25, -0.2) is 9.59 Å². The molecular weight excluding hydrogens is 238 g/mol. The van der Waals surface area contributed by atoms with Crippen molar-refractivity contribution in [3.05, 3.63) is 17.5 Å². The van der Waals surface area contributed by atoms with Gasteiger partial charge in [0.2, 0.25) is 0 Å².